The second-order valence-corrected chi connectivity index (χ2v) is 7.55. The minimum Gasteiger partial charge on any atom is -0.326 e. The summed E-state index contributed by atoms with van der Waals surface area (Å²) in [5, 5.41) is 4.83. The number of aliphatic imine (C=N–C) groups is 1. The maximum absolute atomic E-state index is 13.6. The zero-order valence-corrected chi connectivity index (χ0v) is 15.9. The van der Waals surface area contributed by atoms with Gasteiger partial charge in [0.2, 0.25) is 11.8 Å². The predicted molar refractivity (Wildman–Crippen MR) is 108 cm³/mol. The standard InChI is InChI=1S/C20H18FN3O3S/c1-12-6-8-13(9-7-12)22-18(26)11-19-24-20(27)16(28-19)10-17(25)23-15-5-3-2-4-14(15)21/h2-9,16H,10-11H2,1H3,(H,22,26)(H,23,25)/t16-/m0/s1. The SMILES string of the molecule is Cc1ccc(NC(=O)CC2=NC(=O)[C@H](CC(=O)Nc3ccccc3F)S2)cc1. The number of para-hydroxylation sites is 1. The molecule has 0 aromatic heterocycles. The van der Waals surface area contributed by atoms with Crippen LogP contribution in [-0.4, -0.2) is 28.0 Å². The summed E-state index contributed by atoms with van der Waals surface area (Å²) in [6.45, 7) is 1.95. The Kier molecular flexibility index (Phi) is 6.20. The summed E-state index contributed by atoms with van der Waals surface area (Å²) >= 11 is 1.09. The predicted octanol–water partition coefficient (Wildman–Crippen LogP) is 3.53. The number of thioether (sulfide) groups is 1. The number of hydrogen-bond acceptors (Lipinski definition) is 4. The van der Waals surface area contributed by atoms with Crippen molar-refractivity contribution in [3.8, 4) is 0 Å². The van der Waals surface area contributed by atoms with Crippen LogP contribution < -0.4 is 10.6 Å². The molecule has 0 fully saturated rings. The van der Waals surface area contributed by atoms with Crippen LogP contribution in [0.2, 0.25) is 0 Å². The average molecular weight is 399 g/mol. The molecule has 0 radical (unpaired) electrons. The number of benzene rings is 2. The van der Waals surface area contributed by atoms with Crippen molar-refractivity contribution in [1.29, 1.82) is 0 Å². The molecule has 2 aromatic rings. The molecule has 28 heavy (non-hydrogen) atoms. The molecule has 3 rings (SSSR count). The molecule has 0 saturated carbocycles. The van der Waals surface area contributed by atoms with Gasteiger partial charge in [0, 0.05) is 12.1 Å². The van der Waals surface area contributed by atoms with E-state index in [4.69, 9.17) is 0 Å². The average Bonchev–Trinajstić information content (AvgIpc) is 2.97. The van der Waals surface area contributed by atoms with Gasteiger partial charge in [-0.25, -0.2) is 9.38 Å². The monoisotopic (exact) mass is 399 g/mol. The maximum atomic E-state index is 13.6. The van der Waals surface area contributed by atoms with Gasteiger partial charge < -0.3 is 10.6 Å². The molecule has 6 nitrogen and oxygen atoms in total. The molecule has 1 aliphatic rings. The molecule has 2 N–H and O–H groups in total. The van der Waals surface area contributed by atoms with Crippen molar-refractivity contribution in [3.05, 3.63) is 59.9 Å². The van der Waals surface area contributed by atoms with Crippen LogP contribution in [0.5, 0.6) is 0 Å². The van der Waals surface area contributed by atoms with Crippen LogP contribution >= 0.6 is 11.8 Å². The van der Waals surface area contributed by atoms with Gasteiger partial charge in [-0.3, -0.25) is 14.4 Å². The first-order valence-electron chi connectivity index (χ1n) is 8.59. The second kappa shape index (κ2) is 8.79. The summed E-state index contributed by atoms with van der Waals surface area (Å²) in [4.78, 5) is 40.1. The normalized spacial score (nSPS) is 15.9. The first kappa shape index (κ1) is 19.8. The minimum absolute atomic E-state index is 0.0459. The van der Waals surface area contributed by atoms with Crippen molar-refractivity contribution in [3.63, 3.8) is 0 Å². The van der Waals surface area contributed by atoms with Crippen LogP contribution in [-0.2, 0) is 14.4 Å². The highest BCUT2D eigenvalue weighted by Crippen LogP contribution is 2.27. The molecule has 1 atom stereocenters. The number of nitrogens with zero attached hydrogens (tertiary/aromatic N) is 1. The molecule has 144 valence electrons. The first-order valence-corrected chi connectivity index (χ1v) is 9.47. The summed E-state index contributed by atoms with van der Waals surface area (Å²) in [6, 6.07) is 13.1. The molecule has 0 saturated heterocycles. The number of hydrogen-bond donors (Lipinski definition) is 2. The summed E-state index contributed by atoms with van der Waals surface area (Å²) in [5.41, 5.74) is 1.80. The lowest BCUT2D eigenvalue weighted by Crippen LogP contribution is -2.22. The van der Waals surface area contributed by atoms with Crippen molar-refractivity contribution < 1.29 is 18.8 Å². The van der Waals surface area contributed by atoms with E-state index in [1.165, 1.54) is 18.2 Å². The Morgan fingerprint density at radius 3 is 2.50 bits per heavy atom. The van der Waals surface area contributed by atoms with E-state index in [-0.39, 0.29) is 24.4 Å². The summed E-state index contributed by atoms with van der Waals surface area (Å²) in [6.07, 6.45) is -0.194. The molecular weight excluding hydrogens is 381 g/mol. The van der Waals surface area contributed by atoms with Crippen molar-refractivity contribution in [1.82, 2.24) is 0 Å². The zero-order chi connectivity index (χ0) is 20.1. The van der Waals surface area contributed by atoms with Crippen molar-refractivity contribution in [2.75, 3.05) is 10.6 Å². The molecule has 0 bridgehead atoms. The topological polar surface area (TPSA) is 87.6 Å². The number of anilines is 2. The van der Waals surface area contributed by atoms with E-state index < -0.39 is 22.9 Å². The summed E-state index contributed by atoms with van der Waals surface area (Å²) in [7, 11) is 0. The van der Waals surface area contributed by atoms with Gasteiger partial charge >= 0.3 is 0 Å². The van der Waals surface area contributed by atoms with Gasteiger partial charge in [-0.05, 0) is 31.2 Å². The van der Waals surface area contributed by atoms with E-state index in [0.717, 1.165) is 17.3 Å². The number of carbonyl (C=O) groups is 3. The van der Waals surface area contributed by atoms with E-state index >= 15 is 0 Å². The lowest BCUT2D eigenvalue weighted by atomic mass is 10.2. The Bertz CT molecular complexity index is 944. The second-order valence-electron chi connectivity index (χ2n) is 6.27. The van der Waals surface area contributed by atoms with E-state index in [9.17, 15) is 18.8 Å². The van der Waals surface area contributed by atoms with Gasteiger partial charge in [-0.2, -0.15) is 0 Å². The summed E-state index contributed by atoms with van der Waals surface area (Å²) in [5.74, 6) is -1.80. The summed E-state index contributed by atoms with van der Waals surface area (Å²) < 4.78 is 13.6. The van der Waals surface area contributed by atoms with Gasteiger partial charge in [-0.15, -0.1) is 0 Å². The highest BCUT2D eigenvalue weighted by atomic mass is 32.2. The quantitative estimate of drug-likeness (QED) is 0.778. The molecule has 1 heterocycles. The highest BCUT2D eigenvalue weighted by Gasteiger charge is 2.31. The third-order valence-corrected chi connectivity index (χ3v) is 5.11. The fourth-order valence-electron chi connectivity index (χ4n) is 2.56. The lowest BCUT2D eigenvalue weighted by Gasteiger charge is -2.09. The molecule has 8 heteroatoms. The fraction of sp³-hybridized carbons (Fsp3) is 0.200. The number of halogens is 1. The van der Waals surface area contributed by atoms with Crippen molar-refractivity contribution in [2.45, 2.75) is 25.0 Å². The van der Waals surface area contributed by atoms with Crippen molar-refractivity contribution in [2.24, 2.45) is 4.99 Å². The number of nitrogens with one attached hydrogen (secondary N) is 2. The number of rotatable bonds is 6. The maximum Gasteiger partial charge on any atom is 0.260 e. The molecule has 0 unspecified atom stereocenters. The Labute approximate surface area is 165 Å². The smallest absolute Gasteiger partial charge is 0.260 e. The molecule has 2 aromatic carbocycles. The van der Waals surface area contributed by atoms with Gasteiger partial charge in [0.15, 0.2) is 0 Å². The fourth-order valence-corrected chi connectivity index (χ4v) is 3.63. The van der Waals surface area contributed by atoms with E-state index in [0.29, 0.717) is 10.7 Å². The van der Waals surface area contributed by atoms with Crippen LogP contribution in [0.15, 0.2) is 53.5 Å². The van der Waals surface area contributed by atoms with E-state index in [1.54, 1.807) is 18.2 Å². The van der Waals surface area contributed by atoms with Crippen LogP contribution in [0, 0.1) is 12.7 Å². The Hall–Kier alpha value is -3.00. The molecule has 1 aliphatic heterocycles. The van der Waals surface area contributed by atoms with Gasteiger partial charge in [0.05, 0.1) is 17.2 Å². The van der Waals surface area contributed by atoms with Crippen molar-refractivity contribution >= 4 is 45.9 Å². The van der Waals surface area contributed by atoms with Crippen LogP contribution in [0.1, 0.15) is 18.4 Å². The largest absolute Gasteiger partial charge is 0.326 e. The number of amides is 3. The first-order chi connectivity index (χ1) is 13.4. The van der Waals surface area contributed by atoms with Crippen LogP contribution in [0.4, 0.5) is 15.8 Å². The van der Waals surface area contributed by atoms with Gasteiger partial charge in [0.25, 0.3) is 5.91 Å². The molecule has 0 spiro atoms. The Morgan fingerprint density at radius 1 is 1.07 bits per heavy atom. The minimum atomic E-state index is -0.714. The molecule has 0 aliphatic carbocycles. The molecular formula is C20H18FN3O3S. The number of aryl methyl sites for hydroxylation is 1. The van der Waals surface area contributed by atoms with Crippen LogP contribution in [0.3, 0.4) is 0 Å². The lowest BCUT2D eigenvalue weighted by molar-refractivity contribution is -0.121. The van der Waals surface area contributed by atoms with Gasteiger partial charge in [-0.1, -0.05) is 41.6 Å². The highest BCUT2D eigenvalue weighted by molar-refractivity contribution is 8.15. The molecule has 3 amide bonds. The number of carbonyl (C=O) groups excluding carboxylic acids is 3. The zero-order valence-electron chi connectivity index (χ0n) is 15.1. The third-order valence-electron chi connectivity index (χ3n) is 3.95. The van der Waals surface area contributed by atoms with Crippen LogP contribution in [0.25, 0.3) is 0 Å². The van der Waals surface area contributed by atoms with Gasteiger partial charge in [0.1, 0.15) is 11.1 Å². The van der Waals surface area contributed by atoms with E-state index in [2.05, 4.69) is 15.6 Å². The Morgan fingerprint density at radius 2 is 1.79 bits per heavy atom. The Balaban J connectivity index is 1.50. The third kappa shape index (κ3) is 5.26. The van der Waals surface area contributed by atoms with E-state index in [1.807, 2.05) is 19.1 Å².